The highest BCUT2D eigenvalue weighted by Crippen LogP contribution is 2.50. The summed E-state index contributed by atoms with van der Waals surface area (Å²) in [4.78, 5) is 17.9. The van der Waals surface area contributed by atoms with Gasteiger partial charge in [-0.2, -0.15) is 0 Å². The van der Waals surface area contributed by atoms with Gasteiger partial charge in [-0.15, -0.1) is 34.0 Å². The van der Waals surface area contributed by atoms with Gasteiger partial charge in [0, 0.05) is 111 Å². The first kappa shape index (κ1) is 60.5. The van der Waals surface area contributed by atoms with Crippen LogP contribution in [0.25, 0.3) is 214 Å². The van der Waals surface area contributed by atoms with Crippen molar-refractivity contribution >= 4 is 221 Å². The average molecular weight is 1450 g/mol. The SMILES string of the molecule is c1cc(C2Nc3c(oc4cc(-c5ccc6cc7c(cc6c5)c5cc6ccccc6cc5n7-c5ccc(-c6nc7c(nc6-c6ccc8c(c6)sc6ccccc68)sc6ccccc67)c6ccccc56)ccc34)N=C2c2ccc3c(c2)sc2ccccc23)cc(-n2c3cc4ccccc4cc3c3ccc4ccccc4c32)c1. The number of rotatable bonds is 7. The average Bonchev–Trinajstić information content (AvgIpc) is 1.57. The van der Waals surface area contributed by atoms with Gasteiger partial charge in [0.05, 0.1) is 50.9 Å². The number of nitrogens with one attached hydrogen (secondary N) is 1. The van der Waals surface area contributed by atoms with E-state index < -0.39 is 0 Å². The maximum absolute atomic E-state index is 7.03. The van der Waals surface area contributed by atoms with E-state index in [1.54, 1.807) is 11.3 Å². The lowest BCUT2D eigenvalue weighted by molar-refractivity contribution is 0.623. The summed E-state index contributed by atoms with van der Waals surface area (Å²) in [6.45, 7) is 0. The third-order valence-electron chi connectivity index (χ3n) is 23.3. The van der Waals surface area contributed by atoms with E-state index in [2.05, 4.69) is 342 Å². The van der Waals surface area contributed by atoms with E-state index in [4.69, 9.17) is 19.4 Å². The Morgan fingerprint density at radius 2 is 0.845 bits per heavy atom. The molecule has 1 unspecified atom stereocenters. The fourth-order valence-electron chi connectivity index (χ4n) is 18.2. The Labute approximate surface area is 639 Å². The molecule has 0 saturated carbocycles. The molecule has 1 N–H and O–H groups in total. The van der Waals surface area contributed by atoms with Crippen LogP contribution in [0.1, 0.15) is 17.2 Å². The lowest BCUT2D eigenvalue weighted by Gasteiger charge is -2.26. The maximum atomic E-state index is 7.03. The highest BCUT2D eigenvalue weighted by Gasteiger charge is 2.32. The first-order valence-electron chi connectivity index (χ1n) is 37.3. The standard InChI is InChI=1S/C100H56N6OS3/c1-3-19-58-49-83-79(46-56(58)17-1)76-40-34-55-16-5-6-23-68(55)98(76)105(83)67-22-15-21-63(45-67)92-93(64-36-38-73-71-26-9-12-29-87(71)108-90(73)53-64)103-99-96(101-92)77-41-35-62(52-86(77)107-99)60-32-33-61-51-85-81(48-66(61)44-60)80-47-57-18-2-4-20-59(57)50-84(80)106(85)82-43-42-75(69-24-7-8-25-70(69)82)95-94(104-100-97(102-95)78-28-11-14-31-89(78)110-100)65-37-39-74-72-27-10-13-30-88(72)109-91(74)54-65/h1-54,92,101H. The summed E-state index contributed by atoms with van der Waals surface area (Å²) in [5.41, 5.74) is 18.4. The van der Waals surface area contributed by atoms with Crippen molar-refractivity contribution in [1.29, 1.82) is 0 Å². The molecule has 24 aromatic rings. The van der Waals surface area contributed by atoms with Crippen LogP contribution in [-0.4, -0.2) is 24.8 Å². The molecule has 0 aliphatic carbocycles. The molecule has 7 nitrogen and oxygen atoms in total. The fraction of sp³-hybridized carbons (Fsp3) is 0.0100. The van der Waals surface area contributed by atoms with E-state index in [1.165, 1.54) is 110 Å². The Hall–Kier alpha value is -13.6. The van der Waals surface area contributed by atoms with Crippen LogP contribution in [0.3, 0.4) is 0 Å². The smallest absolute Gasteiger partial charge is 0.244 e. The number of anilines is 1. The van der Waals surface area contributed by atoms with Gasteiger partial charge in [-0.25, -0.2) is 15.0 Å². The summed E-state index contributed by atoms with van der Waals surface area (Å²) in [5, 5.41) is 27.8. The first-order valence-corrected chi connectivity index (χ1v) is 39.7. The minimum atomic E-state index is -0.337. The van der Waals surface area contributed by atoms with Crippen molar-refractivity contribution in [2.24, 2.45) is 4.99 Å². The number of aromatic nitrogens is 4. The summed E-state index contributed by atoms with van der Waals surface area (Å²) in [5.74, 6) is 0.567. The molecule has 0 spiro atoms. The fourth-order valence-corrected chi connectivity index (χ4v) is 21.5. The van der Waals surface area contributed by atoms with Crippen molar-refractivity contribution in [3.05, 3.63) is 339 Å². The third kappa shape index (κ3) is 8.94. The number of thiophene rings is 3. The number of nitrogens with zero attached hydrogens (tertiary/aromatic N) is 5. The summed E-state index contributed by atoms with van der Waals surface area (Å²) in [6, 6.07) is 121. The molecule has 110 heavy (non-hydrogen) atoms. The van der Waals surface area contributed by atoms with Gasteiger partial charge in [0.15, 0.2) is 0 Å². The van der Waals surface area contributed by atoms with E-state index in [0.29, 0.717) is 5.88 Å². The van der Waals surface area contributed by atoms with Crippen LogP contribution in [0.4, 0.5) is 11.6 Å². The second-order valence-corrected chi connectivity index (χ2v) is 32.5. The van der Waals surface area contributed by atoms with Crippen molar-refractivity contribution in [2.75, 3.05) is 5.32 Å². The second kappa shape index (κ2) is 23.0. The van der Waals surface area contributed by atoms with Crippen LogP contribution in [-0.2, 0) is 0 Å². The highest BCUT2D eigenvalue weighted by atomic mass is 32.1. The molecule has 10 heteroatoms. The monoisotopic (exact) mass is 1450 g/mol. The lowest BCUT2D eigenvalue weighted by Crippen LogP contribution is -2.24. The predicted octanol–water partition coefficient (Wildman–Crippen LogP) is 28.6. The third-order valence-corrected chi connectivity index (χ3v) is 26.6. The van der Waals surface area contributed by atoms with Crippen LogP contribution < -0.4 is 5.32 Å². The Morgan fingerprint density at radius 1 is 0.318 bits per heavy atom. The Bertz CT molecular complexity index is 8250. The van der Waals surface area contributed by atoms with Gasteiger partial charge >= 0.3 is 0 Å². The molecular weight excluding hydrogens is 1400 g/mol. The minimum Gasteiger partial charge on any atom is -0.436 e. The second-order valence-electron chi connectivity index (χ2n) is 29.3. The molecule has 25 rings (SSSR count). The van der Waals surface area contributed by atoms with Crippen molar-refractivity contribution in [1.82, 2.24) is 19.1 Å². The summed E-state index contributed by atoms with van der Waals surface area (Å²) < 4.78 is 18.2. The molecule has 17 aromatic carbocycles. The van der Waals surface area contributed by atoms with Crippen molar-refractivity contribution in [2.45, 2.75) is 6.04 Å². The van der Waals surface area contributed by atoms with Gasteiger partial charge in [-0.05, 0) is 169 Å². The quantitative estimate of drug-likeness (QED) is 0.173. The van der Waals surface area contributed by atoms with Crippen molar-refractivity contribution in [3.8, 4) is 45.0 Å². The first-order chi connectivity index (χ1) is 54.4. The molecule has 0 saturated heterocycles. The van der Waals surface area contributed by atoms with Crippen molar-refractivity contribution < 1.29 is 4.42 Å². The van der Waals surface area contributed by atoms with Crippen LogP contribution in [0.5, 0.6) is 0 Å². The zero-order chi connectivity index (χ0) is 71.6. The lowest BCUT2D eigenvalue weighted by atomic mass is 9.93. The molecule has 7 aromatic heterocycles. The van der Waals surface area contributed by atoms with Gasteiger partial charge in [-0.1, -0.05) is 218 Å². The van der Waals surface area contributed by atoms with E-state index in [0.717, 1.165) is 127 Å². The normalized spacial score (nSPS) is 13.5. The molecular formula is C100H56N6OS3. The van der Waals surface area contributed by atoms with Crippen molar-refractivity contribution in [3.63, 3.8) is 0 Å². The van der Waals surface area contributed by atoms with E-state index in [9.17, 15) is 0 Å². The molecule has 0 amide bonds. The van der Waals surface area contributed by atoms with E-state index in [-0.39, 0.29) is 6.04 Å². The van der Waals surface area contributed by atoms with E-state index in [1.807, 2.05) is 22.7 Å². The molecule has 0 fully saturated rings. The summed E-state index contributed by atoms with van der Waals surface area (Å²) >= 11 is 5.37. The van der Waals surface area contributed by atoms with Gasteiger partial charge in [-0.3, -0.25) is 0 Å². The largest absolute Gasteiger partial charge is 0.436 e. The number of hydrogen-bond acceptors (Lipinski definition) is 8. The number of benzene rings is 17. The molecule has 510 valence electrons. The van der Waals surface area contributed by atoms with Gasteiger partial charge < -0.3 is 18.9 Å². The van der Waals surface area contributed by atoms with Crippen LogP contribution >= 0.6 is 34.0 Å². The predicted molar refractivity (Wildman–Crippen MR) is 468 cm³/mol. The Kier molecular flexibility index (Phi) is 12.6. The Morgan fingerprint density at radius 3 is 1.57 bits per heavy atom. The number of furan rings is 1. The summed E-state index contributed by atoms with van der Waals surface area (Å²) in [6.07, 6.45) is 0. The topological polar surface area (TPSA) is 73.2 Å². The Balaban J connectivity index is 0.621. The number of hydrogen-bond donors (Lipinski definition) is 1. The minimum absolute atomic E-state index is 0.337. The molecule has 1 atom stereocenters. The molecule has 0 bridgehead atoms. The van der Waals surface area contributed by atoms with E-state index >= 15 is 0 Å². The number of aliphatic imine (C=N–C) groups is 1. The van der Waals surface area contributed by atoms with Gasteiger partial charge in [0.2, 0.25) is 5.88 Å². The molecule has 1 aliphatic heterocycles. The maximum Gasteiger partial charge on any atom is 0.244 e. The number of fused-ring (bicyclic) bond motifs is 24. The van der Waals surface area contributed by atoms with Crippen LogP contribution in [0.2, 0.25) is 0 Å². The van der Waals surface area contributed by atoms with Crippen LogP contribution in [0.15, 0.2) is 337 Å². The zero-order valence-corrected chi connectivity index (χ0v) is 61.1. The van der Waals surface area contributed by atoms with Gasteiger partial charge in [0.25, 0.3) is 0 Å². The molecule has 0 radical (unpaired) electrons. The molecule has 8 heterocycles. The molecule has 1 aliphatic rings. The highest BCUT2D eigenvalue weighted by molar-refractivity contribution is 7.26. The zero-order valence-electron chi connectivity index (χ0n) is 58.6. The van der Waals surface area contributed by atoms with Crippen LogP contribution in [0, 0.1) is 0 Å². The van der Waals surface area contributed by atoms with Gasteiger partial charge in [0.1, 0.15) is 21.6 Å². The summed E-state index contributed by atoms with van der Waals surface area (Å²) in [7, 11) is 0.